The highest BCUT2D eigenvalue weighted by molar-refractivity contribution is 7.98. The lowest BCUT2D eigenvalue weighted by atomic mass is 10.1. The summed E-state index contributed by atoms with van der Waals surface area (Å²) < 4.78 is 2.26. The zero-order chi connectivity index (χ0) is 16.5. The Morgan fingerprint density at radius 3 is 2.92 bits per heavy atom. The lowest BCUT2D eigenvalue weighted by molar-refractivity contribution is 0.643. The van der Waals surface area contributed by atoms with Gasteiger partial charge in [-0.05, 0) is 32.8 Å². The molecule has 1 fully saturated rings. The molecule has 0 radical (unpaired) electrons. The van der Waals surface area contributed by atoms with Crippen LogP contribution in [-0.2, 0) is 12.3 Å². The lowest BCUT2D eigenvalue weighted by Crippen LogP contribution is -2.02. The van der Waals surface area contributed by atoms with Crippen LogP contribution in [0.2, 0.25) is 0 Å². The summed E-state index contributed by atoms with van der Waals surface area (Å²) in [6.07, 6.45) is 2.52. The molecule has 4 nitrogen and oxygen atoms in total. The fourth-order valence-corrected chi connectivity index (χ4v) is 4.59. The molecule has 1 aliphatic rings. The molecular weight excluding hydrogens is 336 g/mol. The van der Waals surface area contributed by atoms with Gasteiger partial charge in [-0.25, -0.2) is 4.98 Å². The Morgan fingerprint density at radius 2 is 2.17 bits per heavy atom. The molecule has 4 rings (SSSR count). The largest absolute Gasteiger partial charge is 0.306 e. The van der Waals surface area contributed by atoms with Gasteiger partial charge >= 0.3 is 0 Å². The van der Waals surface area contributed by atoms with Crippen molar-refractivity contribution in [2.75, 3.05) is 0 Å². The summed E-state index contributed by atoms with van der Waals surface area (Å²) in [6, 6.07) is 8.51. The quantitative estimate of drug-likeness (QED) is 0.589. The first kappa shape index (κ1) is 15.8. The molecule has 2 heterocycles. The van der Waals surface area contributed by atoms with Crippen LogP contribution in [0.4, 0.5) is 0 Å². The van der Waals surface area contributed by atoms with E-state index < -0.39 is 0 Å². The summed E-state index contributed by atoms with van der Waals surface area (Å²) >= 11 is 3.45. The van der Waals surface area contributed by atoms with E-state index in [0.717, 1.165) is 28.2 Å². The van der Waals surface area contributed by atoms with Crippen LogP contribution in [0.3, 0.4) is 0 Å². The summed E-state index contributed by atoms with van der Waals surface area (Å²) in [7, 11) is 0. The van der Waals surface area contributed by atoms with E-state index in [0.29, 0.717) is 5.92 Å². The van der Waals surface area contributed by atoms with Gasteiger partial charge < -0.3 is 4.57 Å². The minimum absolute atomic E-state index is 0.638. The average molecular weight is 357 g/mol. The number of hydrogen-bond donors (Lipinski definition) is 0. The normalized spacial score (nSPS) is 14.2. The minimum atomic E-state index is 0.638. The molecule has 3 aromatic rings. The standard InChI is InChI=1S/C18H20N4S2/c1-3-22-16(13-7-8-13)20-21-18(22)24-11-15-10-23-17(19-15)14-6-4-5-12(2)9-14/h4-6,9-10,13H,3,7-8,11H2,1-2H3. The smallest absolute Gasteiger partial charge is 0.191 e. The number of aromatic nitrogens is 4. The molecule has 1 aliphatic carbocycles. The first-order chi connectivity index (χ1) is 11.7. The Labute approximate surface area is 150 Å². The molecule has 0 amide bonds. The maximum atomic E-state index is 4.79. The monoisotopic (exact) mass is 356 g/mol. The molecule has 1 saturated carbocycles. The maximum Gasteiger partial charge on any atom is 0.191 e. The van der Waals surface area contributed by atoms with Crippen molar-refractivity contribution in [2.24, 2.45) is 0 Å². The second kappa shape index (κ2) is 6.69. The van der Waals surface area contributed by atoms with E-state index in [-0.39, 0.29) is 0 Å². The predicted molar refractivity (Wildman–Crippen MR) is 99.5 cm³/mol. The summed E-state index contributed by atoms with van der Waals surface area (Å²) in [5, 5.41) is 13.0. The lowest BCUT2D eigenvalue weighted by Gasteiger charge is -2.05. The third-order valence-electron chi connectivity index (χ3n) is 4.17. The third kappa shape index (κ3) is 3.26. The molecule has 0 unspecified atom stereocenters. The van der Waals surface area contributed by atoms with E-state index in [4.69, 9.17) is 4.98 Å². The van der Waals surface area contributed by atoms with Gasteiger partial charge in [0.15, 0.2) is 5.16 Å². The van der Waals surface area contributed by atoms with Gasteiger partial charge in [0.1, 0.15) is 10.8 Å². The van der Waals surface area contributed by atoms with Crippen LogP contribution in [0.15, 0.2) is 34.8 Å². The van der Waals surface area contributed by atoms with E-state index in [9.17, 15) is 0 Å². The number of thioether (sulfide) groups is 1. The number of nitrogens with zero attached hydrogens (tertiary/aromatic N) is 4. The highest BCUT2D eigenvalue weighted by Crippen LogP contribution is 2.40. The Hall–Kier alpha value is -1.66. The van der Waals surface area contributed by atoms with Crippen LogP contribution in [-0.4, -0.2) is 19.7 Å². The predicted octanol–water partition coefficient (Wildman–Crippen LogP) is 4.90. The first-order valence-electron chi connectivity index (χ1n) is 8.32. The van der Waals surface area contributed by atoms with E-state index >= 15 is 0 Å². The van der Waals surface area contributed by atoms with Crippen LogP contribution >= 0.6 is 23.1 Å². The molecule has 2 aromatic heterocycles. The van der Waals surface area contributed by atoms with Gasteiger partial charge in [-0.2, -0.15) is 0 Å². The van der Waals surface area contributed by atoms with Crippen LogP contribution in [0, 0.1) is 6.92 Å². The fraction of sp³-hybridized carbons (Fsp3) is 0.389. The number of thiazole rings is 1. The molecule has 24 heavy (non-hydrogen) atoms. The van der Waals surface area contributed by atoms with Crippen molar-refractivity contribution >= 4 is 23.1 Å². The van der Waals surface area contributed by atoms with E-state index in [1.807, 2.05) is 0 Å². The Morgan fingerprint density at radius 1 is 1.29 bits per heavy atom. The molecular formula is C18H20N4S2. The van der Waals surface area contributed by atoms with Gasteiger partial charge in [0, 0.05) is 29.2 Å². The summed E-state index contributed by atoms with van der Waals surface area (Å²) in [5.41, 5.74) is 3.58. The zero-order valence-electron chi connectivity index (χ0n) is 13.9. The van der Waals surface area contributed by atoms with Crippen molar-refractivity contribution < 1.29 is 0 Å². The van der Waals surface area contributed by atoms with Crippen LogP contribution in [0.25, 0.3) is 10.6 Å². The molecule has 0 atom stereocenters. The van der Waals surface area contributed by atoms with Crippen LogP contribution in [0.5, 0.6) is 0 Å². The SMILES string of the molecule is CCn1c(SCc2csc(-c3cccc(C)c3)n2)nnc1C1CC1. The fourth-order valence-electron chi connectivity index (χ4n) is 2.77. The highest BCUT2D eigenvalue weighted by atomic mass is 32.2. The molecule has 124 valence electrons. The number of rotatable bonds is 6. The molecule has 1 aromatic carbocycles. The van der Waals surface area contributed by atoms with Crippen molar-refractivity contribution in [3.63, 3.8) is 0 Å². The number of benzene rings is 1. The second-order valence-electron chi connectivity index (χ2n) is 6.16. The summed E-state index contributed by atoms with van der Waals surface area (Å²) in [5.74, 6) is 2.64. The summed E-state index contributed by atoms with van der Waals surface area (Å²) in [6.45, 7) is 5.22. The topological polar surface area (TPSA) is 43.6 Å². The van der Waals surface area contributed by atoms with Gasteiger partial charge in [-0.3, -0.25) is 0 Å². The van der Waals surface area contributed by atoms with Gasteiger partial charge in [0.2, 0.25) is 0 Å². The molecule has 0 spiro atoms. The molecule has 0 aliphatic heterocycles. The van der Waals surface area contributed by atoms with Crippen LogP contribution in [0.1, 0.15) is 42.8 Å². The summed E-state index contributed by atoms with van der Waals surface area (Å²) in [4.78, 5) is 4.79. The molecule has 0 saturated heterocycles. The Kier molecular flexibility index (Phi) is 4.41. The molecule has 0 N–H and O–H groups in total. The Balaban J connectivity index is 1.47. The first-order valence-corrected chi connectivity index (χ1v) is 10.2. The van der Waals surface area contributed by atoms with Crippen molar-refractivity contribution in [1.29, 1.82) is 0 Å². The maximum absolute atomic E-state index is 4.79. The Bertz CT molecular complexity index is 848. The average Bonchev–Trinajstić information content (AvgIpc) is 3.18. The molecule has 6 heteroatoms. The zero-order valence-corrected chi connectivity index (χ0v) is 15.5. The van der Waals surface area contributed by atoms with Gasteiger partial charge in [0.25, 0.3) is 0 Å². The number of aryl methyl sites for hydroxylation is 1. The third-order valence-corrected chi connectivity index (χ3v) is 6.11. The van der Waals surface area contributed by atoms with E-state index in [2.05, 4.69) is 58.3 Å². The van der Waals surface area contributed by atoms with Gasteiger partial charge in [-0.1, -0.05) is 35.5 Å². The van der Waals surface area contributed by atoms with Gasteiger partial charge in [0.05, 0.1) is 5.69 Å². The van der Waals surface area contributed by atoms with E-state index in [1.54, 1.807) is 23.1 Å². The second-order valence-corrected chi connectivity index (χ2v) is 7.96. The minimum Gasteiger partial charge on any atom is -0.306 e. The number of hydrogen-bond acceptors (Lipinski definition) is 5. The van der Waals surface area contributed by atoms with Crippen LogP contribution < -0.4 is 0 Å². The van der Waals surface area contributed by atoms with Crippen molar-refractivity contribution in [3.8, 4) is 10.6 Å². The van der Waals surface area contributed by atoms with Crippen molar-refractivity contribution in [3.05, 3.63) is 46.7 Å². The van der Waals surface area contributed by atoms with Gasteiger partial charge in [-0.15, -0.1) is 21.5 Å². The molecule has 0 bridgehead atoms. The van der Waals surface area contributed by atoms with Crippen molar-refractivity contribution in [1.82, 2.24) is 19.7 Å². The van der Waals surface area contributed by atoms with E-state index in [1.165, 1.54) is 29.8 Å². The van der Waals surface area contributed by atoms with Crippen molar-refractivity contribution in [2.45, 2.75) is 50.1 Å². The highest BCUT2D eigenvalue weighted by Gasteiger charge is 2.29.